The Kier molecular flexibility index (Phi) is 4.97. The third-order valence-corrected chi connectivity index (χ3v) is 5.52. The van der Waals surface area contributed by atoms with Gasteiger partial charge in [0.1, 0.15) is 0 Å². The van der Waals surface area contributed by atoms with Crippen molar-refractivity contribution in [1.82, 2.24) is 14.3 Å². The van der Waals surface area contributed by atoms with Crippen LogP contribution in [0.15, 0.2) is 49.0 Å². The number of hydrogen-bond donors (Lipinski definition) is 3. The van der Waals surface area contributed by atoms with Crippen LogP contribution in [0.1, 0.15) is 0 Å². The van der Waals surface area contributed by atoms with E-state index < -0.39 is 32.8 Å². The molecule has 1 aliphatic rings. The van der Waals surface area contributed by atoms with Crippen LogP contribution in [0.4, 0.5) is 11.4 Å². The molecule has 1 saturated heterocycles. The smallest absolute Gasteiger partial charge is 0.328 e. The van der Waals surface area contributed by atoms with Gasteiger partial charge in [-0.15, -0.1) is 5.11 Å². The zero-order chi connectivity index (χ0) is 18.7. The quantitative estimate of drug-likeness (QED) is 0.642. The van der Waals surface area contributed by atoms with E-state index in [1.165, 1.54) is 28.6 Å². The standard InChI is InChI=1S/C14H15N5O6S/c20-12-11(13(21)16-14(22)15-12)18-17-9-1-3-10(4-2-9)26(23,24)19-5-7-25-8-6-19/h1-4H,5-8H2,(H3,15,16,20,21,22). The van der Waals surface area contributed by atoms with E-state index in [2.05, 4.69) is 10.2 Å². The molecule has 3 rings (SSSR count). The summed E-state index contributed by atoms with van der Waals surface area (Å²) in [5.41, 5.74) is -1.98. The molecule has 2 aromatic rings. The van der Waals surface area contributed by atoms with Crippen LogP contribution in [0.2, 0.25) is 0 Å². The van der Waals surface area contributed by atoms with Crippen LogP contribution in [0, 0.1) is 0 Å². The van der Waals surface area contributed by atoms with Gasteiger partial charge in [-0.25, -0.2) is 13.2 Å². The van der Waals surface area contributed by atoms with Crippen LogP contribution >= 0.6 is 0 Å². The lowest BCUT2D eigenvalue weighted by Crippen LogP contribution is -2.40. The molecule has 11 nitrogen and oxygen atoms in total. The molecule has 0 unspecified atom stereocenters. The number of morpholine rings is 1. The molecule has 1 aromatic heterocycles. The van der Waals surface area contributed by atoms with E-state index in [4.69, 9.17) is 4.74 Å². The Labute approximate surface area is 147 Å². The second-order valence-corrected chi connectivity index (χ2v) is 7.25. The van der Waals surface area contributed by atoms with Gasteiger partial charge < -0.3 is 9.84 Å². The van der Waals surface area contributed by atoms with Crippen molar-refractivity contribution in [1.29, 1.82) is 0 Å². The van der Waals surface area contributed by atoms with E-state index in [1.54, 1.807) is 0 Å². The number of nitrogens with one attached hydrogen (secondary N) is 2. The monoisotopic (exact) mass is 381 g/mol. The molecule has 2 heterocycles. The Bertz CT molecular complexity index is 1030. The van der Waals surface area contributed by atoms with E-state index in [0.717, 1.165) is 0 Å². The molecule has 1 aromatic carbocycles. The van der Waals surface area contributed by atoms with E-state index in [0.29, 0.717) is 13.2 Å². The second kappa shape index (κ2) is 7.19. The van der Waals surface area contributed by atoms with Gasteiger partial charge in [-0.3, -0.25) is 14.8 Å². The molecule has 0 bridgehead atoms. The van der Waals surface area contributed by atoms with E-state index in [9.17, 15) is 23.1 Å². The van der Waals surface area contributed by atoms with Gasteiger partial charge in [-0.1, -0.05) is 0 Å². The van der Waals surface area contributed by atoms with Gasteiger partial charge in [-0.2, -0.15) is 9.42 Å². The number of nitrogens with zero attached hydrogens (tertiary/aromatic N) is 3. The summed E-state index contributed by atoms with van der Waals surface area (Å²) < 4.78 is 31.5. The highest BCUT2D eigenvalue weighted by molar-refractivity contribution is 7.89. The fourth-order valence-corrected chi connectivity index (χ4v) is 3.70. The number of H-pyrrole nitrogens is 2. The highest BCUT2D eigenvalue weighted by Crippen LogP contribution is 2.23. The molecule has 0 aliphatic carbocycles. The fourth-order valence-electron chi connectivity index (χ4n) is 2.29. The van der Waals surface area contributed by atoms with Gasteiger partial charge >= 0.3 is 5.69 Å². The minimum atomic E-state index is -3.62. The summed E-state index contributed by atoms with van der Waals surface area (Å²) in [6.07, 6.45) is 0. The SMILES string of the molecule is O=c1[nH]c(O)c(N=Nc2ccc(S(=O)(=O)N3CCOCC3)cc2)c(=O)[nH]1. The Balaban J connectivity index is 1.82. The van der Waals surface area contributed by atoms with Crippen LogP contribution < -0.4 is 11.2 Å². The summed E-state index contributed by atoms with van der Waals surface area (Å²) in [7, 11) is -3.62. The number of aromatic amines is 2. The molecule has 0 spiro atoms. The van der Waals surface area contributed by atoms with Crippen LogP contribution in [0.25, 0.3) is 0 Å². The first-order valence-corrected chi connectivity index (χ1v) is 8.97. The lowest BCUT2D eigenvalue weighted by molar-refractivity contribution is 0.0730. The molecule has 1 fully saturated rings. The highest BCUT2D eigenvalue weighted by atomic mass is 32.2. The molecular weight excluding hydrogens is 366 g/mol. The minimum absolute atomic E-state index is 0.100. The number of aromatic hydroxyl groups is 1. The molecule has 3 N–H and O–H groups in total. The zero-order valence-electron chi connectivity index (χ0n) is 13.4. The largest absolute Gasteiger partial charge is 0.493 e. The maximum Gasteiger partial charge on any atom is 0.328 e. The van der Waals surface area contributed by atoms with Crippen molar-refractivity contribution in [3.8, 4) is 5.88 Å². The number of aromatic nitrogens is 2. The van der Waals surface area contributed by atoms with Gasteiger partial charge in [0.05, 0.1) is 23.8 Å². The summed E-state index contributed by atoms with van der Waals surface area (Å²) in [5.74, 6) is -0.714. The molecule has 12 heteroatoms. The molecule has 26 heavy (non-hydrogen) atoms. The van der Waals surface area contributed by atoms with Gasteiger partial charge in [-0.05, 0) is 24.3 Å². The Hall–Kier alpha value is -2.83. The third-order valence-electron chi connectivity index (χ3n) is 3.61. The molecule has 0 saturated carbocycles. The number of azo groups is 1. The van der Waals surface area contributed by atoms with Crippen molar-refractivity contribution in [2.45, 2.75) is 4.90 Å². The van der Waals surface area contributed by atoms with Crippen molar-refractivity contribution < 1.29 is 18.3 Å². The maximum atomic E-state index is 12.5. The fraction of sp³-hybridized carbons (Fsp3) is 0.286. The third kappa shape index (κ3) is 3.71. The van der Waals surface area contributed by atoms with Crippen LogP contribution in [-0.4, -0.2) is 54.1 Å². The van der Waals surface area contributed by atoms with Crippen LogP contribution in [0.3, 0.4) is 0 Å². The topological polar surface area (TPSA) is 157 Å². The first-order chi connectivity index (χ1) is 12.4. The second-order valence-electron chi connectivity index (χ2n) is 5.32. The Morgan fingerprint density at radius 2 is 1.69 bits per heavy atom. The first kappa shape index (κ1) is 18.0. The molecule has 0 amide bonds. The van der Waals surface area contributed by atoms with Crippen molar-refractivity contribution in [2.24, 2.45) is 10.2 Å². The first-order valence-electron chi connectivity index (χ1n) is 7.53. The van der Waals surface area contributed by atoms with Gasteiger partial charge in [0.25, 0.3) is 5.56 Å². The minimum Gasteiger partial charge on any atom is -0.493 e. The summed E-state index contributed by atoms with van der Waals surface area (Å²) in [5, 5.41) is 16.9. The van der Waals surface area contributed by atoms with Gasteiger partial charge in [0, 0.05) is 13.1 Å². The zero-order valence-corrected chi connectivity index (χ0v) is 14.2. The van der Waals surface area contributed by atoms with Crippen molar-refractivity contribution in [3.63, 3.8) is 0 Å². The molecule has 0 atom stereocenters. The van der Waals surface area contributed by atoms with Gasteiger partial charge in [0.15, 0.2) is 0 Å². The Morgan fingerprint density at radius 3 is 2.31 bits per heavy atom. The summed E-state index contributed by atoms with van der Waals surface area (Å²) >= 11 is 0. The predicted octanol–water partition coefficient (Wildman–Crippen LogP) is 0.205. The van der Waals surface area contributed by atoms with Crippen LogP contribution in [-0.2, 0) is 14.8 Å². The Morgan fingerprint density at radius 1 is 1.04 bits per heavy atom. The van der Waals surface area contributed by atoms with Crippen molar-refractivity contribution in [3.05, 3.63) is 45.1 Å². The number of benzene rings is 1. The molecule has 1 aliphatic heterocycles. The molecule has 138 valence electrons. The summed E-state index contributed by atoms with van der Waals surface area (Å²) in [6, 6.07) is 5.56. The number of hydrogen-bond acceptors (Lipinski definition) is 8. The number of ether oxygens (including phenoxy) is 1. The van der Waals surface area contributed by atoms with Crippen molar-refractivity contribution >= 4 is 21.4 Å². The highest BCUT2D eigenvalue weighted by Gasteiger charge is 2.26. The maximum absolute atomic E-state index is 12.5. The molecular formula is C14H15N5O6S. The number of sulfonamides is 1. The average molecular weight is 381 g/mol. The van der Waals surface area contributed by atoms with Crippen molar-refractivity contribution in [2.75, 3.05) is 26.3 Å². The van der Waals surface area contributed by atoms with E-state index >= 15 is 0 Å². The average Bonchev–Trinajstić information content (AvgIpc) is 2.62. The lowest BCUT2D eigenvalue weighted by atomic mass is 10.3. The lowest BCUT2D eigenvalue weighted by Gasteiger charge is -2.25. The molecule has 0 radical (unpaired) electrons. The predicted molar refractivity (Wildman–Crippen MR) is 89.5 cm³/mol. The van der Waals surface area contributed by atoms with E-state index in [-0.39, 0.29) is 23.7 Å². The van der Waals surface area contributed by atoms with Gasteiger partial charge in [0.2, 0.25) is 21.6 Å². The van der Waals surface area contributed by atoms with E-state index in [1.807, 2.05) is 9.97 Å². The summed E-state index contributed by atoms with van der Waals surface area (Å²) in [4.78, 5) is 26.5. The number of rotatable bonds is 4. The van der Waals surface area contributed by atoms with Crippen LogP contribution in [0.5, 0.6) is 5.88 Å². The summed E-state index contributed by atoms with van der Waals surface area (Å²) in [6.45, 7) is 1.28. The normalized spacial score (nSPS) is 16.2.